The second-order valence-corrected chi connectivity index (χ2v) is 6.91. The largest absolute Gasteiger partial charge is 0.480 e. The molecule has 5 N–H and O–H groups in total. The van der Waals surface area contributed by atoms with Crippen LogP contribution in [0.5, 0.6) is 0 Å². The van der Waals surface area contributed by atoms with Gasteiger partial charge in [0.15, 0.2) is 0 Å². The molecule has 0 heterocycles. The van der Waals surface area contributed by atoms with E-state index in [-0.39, 0.29) is 6.42 Å². The first-order valence-electron chi connectivity index (χ1n) is 8.44. The Balaban J connectivity index is 2.39. The van der Waals surface area contributed by atoms with E-state index in [1.807, 2.05) is 0 Å². The van der Waals surface area contributed by atoms with Crippen LogP contribution in [0.3, 0.4) is 0 Å². The van der Waals surface area contributed by atoms with Gasteiger partial charge in [-0.1, -0.05) is 6.07 Å². The van der Waals surface area contributed by atoms with Crippen LogP contribution in [0.15, 0.2) is 24.3 Å². The Morgan fingerprint density at radius 2 is 1.92 bits per heavy atom. The van der Waals surface area contributed by atoms with Crippen molar-refractivity contribution < 1.29 is 24.2 Å². The first kappa shape index (κ1) is 21.3. The number of carboxylic acids is 1. The Labute approximate surface area is 153 Å². The summed E-state index contributed by atoms with van der Waals surface area (Å²) in [7, 11) is 0. The number of nitrogen functional groups attached to an aromatic ring is 1. The first-order chi connectivity index (χ1) is 12.1. The van der Waals surface area contributed by atoms with Crippen molar-refractivity contribution in [1.82, 2.24) is 10.6 Å². The summed E-state index contributed by atoms with van der Waals surface area (Å²) in [5.41, 5.74) is 5.79. The molecule has 1 atom stereocenters. The minimum atomic E-state index is -1.11. The van der Waals surface area contributed by atoms with Crippen LogP contribution in [-0.2, 0) is 9.53 Å². The molecule has 0 bridgehead atoms. The van der Waals surface area contributed by atoms with E-state index in [0.29, 0.717) is 30.6 Å². The molecule has 1 aromatic carbocycles. The lowest BCUT2D eigenvalue weighted by molar-refractivity contribution is -0.139. The minimum absolute atomic E-state index is 0.249. The minimum Gasteiger partial charge on any atom is -0.480 e. The number of hydrogen-bond acceptors (Lipinski definition) is 5. The fraction of sp³-hybridized carbons (Fsp3) is 0.500. The van der Waals surface area contributed by atoms with Gasteiger partial charge in [-0.25, -0.2) is 9.59 Å². The van der Waals surface area contributed by atoms with Crippen LogP contribution < -0.4 is 16.4 Å². The third-order valence-electron chi connectivity index (χ3n) is 3.34. The van der Waals surface area contributed by atoms with Crippen LogP contribution in [0.2, 0.25) is 0 Å². The Morgan fingerprint density at radius 3 is 2.50 bits per heavy atom. The Hall–Kier alpha value is -2.77. The Bertz CT molecular complexity index is 640. The Morgan fingerprint density at radius 1 is 1.23 bits per heavy atom. The third kappa shape index (κ3) is 8.36. The second-order valence-electron chi connectivity index (χ2n) is 6.91. The lowest BCUT2D eigenvalue weighted by atomic mass is 10.1. The maximum absolute atomic E-state index is 12.1. The summed E-state index contributed by atoms with van der Waals surface area (Å²) in [5, 5.41) is 14.4. The number of carbonyl (C=O) groups is 3. The second kappa shape index (κ2) is 9.65. The van der Waals surface area contributed by atoms with Crippen LogP contribution in [0.1, 0.15) is 50.4 Å². The van der Waals surface area contributed by atoms with Gasteiger partial charge in [0, 0.05) is 17.8 Å². The average Bonchev–Trinajstić information content (AvgIpc) is 2.51. The van der Waals surface area contributed by atoms with Gasteiger partial charge in [0.2, 0.25) is 0 Å². The molecule has 26 heavy (non-hydrogen) atoms. The number of hydrogen-bond donors (Lipinski definition) is 4. The third-order valence-corrected chi connectivity index (χ3v) is 3.34. The molecule has 1 rings (SSSR count). The lowest BCUT2D eigenvalue weighted by Gasteiger charge is -2.19. The molecule has 1 aromatic rings. The summed E-state index contributed by atoms with van der Waals surface area (Å²) >= 11 is 0. The predicted octanol–water partition coefficient (Wildman–Crippen LogP) is 2.15. The van der Waals surface area contributed by atoms with E-state index < -0.39 is 29.6 Å². The van der Waals surface area contributed by atoms with E-state index in [0.717, 1.165) is 0 Å². The average molecular weight is 365 g/mol. The molecule has 1 unspecified atom stereocenters. The number of amides is 2. The zero-order valence-corrected chi connectivity index (χ0v) is 15.4. The van der Waals surface area contributed by atoms with Gasteiger partial charge in [0.1, 0.15) is 11.6 Å². The molecule has 0 saturated carbocycles. The molecule has 0 saturated heterocycles. The summed E-state index contributed by atoms with van der Waals surface area (Å²) in [6.07, 6.45) is 0.822. The van der Waals surface area contributed by atoms with E-state index in [9.17, 15) is 19.5 Å². The van der Waals surface area contributed by atoms with Gasteiger partial charge in [-0.15, -0.1) is 0 Å². The number of unbranched alkanes of at least 4 members (excludes halogenated alkanes) is 1. The summed E-state index contributed by atoms with van der Waals surface area (Å²) in [6.45, 7) is 5.68. The molecule has 0 aliphatic carbocycles. The number of benzene rings is 1. The molecular formula is C18H27N3O5. The zero-order chi connectivity index (χ0) is 19.7. The van der Waals surface area contributed by atoms with Gasteiger partial charge in [-0.05, 0) is 58.2 Å². The summed E-state index contributed by atoms with van der Waals surface area (Å²) in [6, 6.07) is 5.31. The predicted molar refractivity (Wildman–Crippen MR) is 97.8 cm³/mol. The lowest BCUT2D eigenvalue weighted by Crippen LogP contribution is -2.41. The van der Waals surface area contributed by atoms with Gasteiger partial charge in [0.05, 0.1) is 0 Å². The number of alkyl carbamates (subject to hydrolysis) is 1. The molecule has 0 aliphatic heterocycles. The highest BCUT2D eigenvalue weighted by atomic mass is 16.6. The fourth-order valence-electron chi connectivity index (χ4n) is 2.16. The van der Waals surface area contributed by atoms with Crippen LogP contribution in [0.4, 0.5) is 10.5 Å². The molecule has 144 valence electrons. The molecule has 8 heteroatoms. The monoisotopic (exact) mass is 365 g/mol. The van der Waals surface area contributed by atoms with Gasteiger partial charge < -0.3 is 26.2 Å². The number of anilines is 1. The standard InChI is InChI=1S/C18H27N3O5/c1-18(2,3)26-17(25)20-10-5-4-9-14(16(23)24)21-15(22)12-7-6-8-13(19)11-12/h6-8,11,14H,4-5,9-10,19H2,1-3H3,(H,20,25)(H,21,22)(H,23,24). The molecule has 0 aromatic heterocycles. The zero-order valence-electron chi connectivity index (χ0n) is 15.4. The van der Waals surface area contributed by atoms with E-state index in [4.69, 9.17) is 10.5 Å². The number of aliphatic carboxylic acids is 1. The van der Waals surface area contributed by atoms with Crippen LogP contribution >= 0.6 is 0 Å². The highest BCUT2D eigenvalue weighted by molar-refractivity contribution is 5.97. The smallest absolute Gasteiger partial charge is 0.407 e. The van der Waals surface area contributed by atoms with Crippen LogP contribution in [-0.4, -0.2) is 41.3 Å². The SMILES string of the molecule is CC(C)(C)OC(=O)NCCCCC(NC(=O)c1cccc(N)c1)C(=O)O. The van der Waals surface area contributed by atoms with Gasteiger partial charge >= 0.3 is 12.1 Å². The topological polar surface area (TPSA) is 131 Å². The maximum atomic E-state index is 12.1. The van der Waals surface area contributed by atoms with Crippen LogP contribution in [0, 0.1) is 0 Å². The van der Waals surface area contributed by atoms with Gasteiger partial charge in [-0.2, -0.15) is 0 Å². The van der Waals surface area contributed by atoms with E-state index in [2.05, 4.69) is 10.6 Å². The number of carbonyl (C=O) groups excluding carboxylic acids is 2. The molecule has 0 radical (unpaired) electrons. The molecular weight excluding hydrogens is 338 g/mol. The highest BCUT2D eigenvalue weighted by Crippen LogP contribution is 2.09. The van der Waals surface area contributed by atoms with Crippen molar-refractivity contribution in [3.63, 3.8) is 0 Å². The van der Waals surface area contributed by atoms with Crippen molar-refractivity contribution in [1.29, 1.82) is 0 Å². The van der Waals surface area contributed by atoms with Crippen molar-refractivity contribution in [3.8, 4) is 0 Å². The van der Waals surface area contributed by atoms with Gasteiger partial charge in [-0.3, -0.25) is 4.79 Å². The van der Waals surface area contributed by atoms with Crippen molar-refractivity contribution in [2.45, 2.75) is 51.7 Å². The maximum Gasteiger partial charge on any atom is 0.407 e. The number of rotatable bonds is 8. The molecule has 8 nitrogen and oxygen atoms in total. The summed E-state index contributed by atoms with van der Waals surface area (Å²) < 4.78 is 5.10. The number of ether oxygens (including phenoxy) is 1. The normalized spacial score (nSPS) is 12.1. The summed E-state index contributed by atoms with van der Waals surface area (Å²) in [5.74, 6) is -1.60. The van der Waals surface area contributed by atoms with Crippen LogP contribution in [0.25, 0.3) is 0 Å². The quantitative estimate of drug-likeness (QED) is 0.412. The fourth-order valence-corrected chi connectivity index (χ4v) is 2.16. The number of nitrogens with one attached hydrogen (secondary N) is 2. The van der Waals surface area contributed by atoms with E-state index >= 15 is 0 Å². The van der Waals surface area contributed by atoms with Crippen molar-refractivity contribution in [2.24, 2.45) is 0 Å². The number of carboxylic acid groups (broad SMARTS) is 1. The highest BCUT2D eigenvalue weighted by Gasteiger charge is 2.20. The molecule has 2 amide bonds. The van der Waals surface area contributed by atoms with E-state index in [1.165, 1.54) is 6.07 Å². The molecule has 0 spiro atoms. The van der Waals surface area contributed by atoms with Crippen molar-refractivity contribution >= 4 is 23.7 Å². The Kier molecular flexibility index (Phi) is 7.89. The summed E-state index contributed by atoms with van der Waals surface area (Å²) in [4.78, 5) is 35.0. The molecule has 0 aliphatic rings. The van der Waals surface area contributed by atoms with Gasteiger partial charge in [0.25, 0.3) is 5.91 Å². The number of nitrogens with two attached hydrogens (primary N) is 1. The first-order valence-corrected chi connectivity index (χ1v) is 8.44. The van der Waals surface area contributed by atoms with E-state index in [1.54, 1.807) is 39.0 Å². The van der Waals surface area contributed by atoms with Crippen molar-refractivity contribution in [2.75, 3.05) is 12.3 Å². The molecule has 0 fully saturated rings. The van der Waals surface area contributed by atoms with Crippen molar-refractivity contribution in [3.05, 3.63) is 29.8 Å².